The smallest absolute Gasteiger partial charge is 0.744 e. The number of hydrogen-bond donors (Lipinski definition) is 6. The first kappa shape index (κ1) is 54.8. The second-order valence-corrected chi connectivity index (χ2v) is 18.9. The summed E-state index contributed by atoms with van der Waals surface area (Å²) >= 11 is 0. The topological polar surface area (TPSA) is 372 Å². The molecule has 0 aliphatic carbocycles. The predicted octanol–water partition coefficient (Wildman–Crippen LogP) is 8.10. The van der Waals surface area contributed by atoms with Crippen LogP contribution in [0.3, 0.4) is 0 Å². The fraction of sp³-hybridized carbons (Fsp3) is 0.0476. The maximum absolute atomic E-state index is 12.5. The molecular weight excluding hydrogens is 1040 g/mol. The fourth-order valence-electron chi connectivity index (χ4n) is 6.29. The number of sulfonamides is 1. The van der Waals surface area contributed by atoms with Crippen molar-refractivity contribution >= 4 is 109 Å². The molecule has 0 radical (unpaired) electrons. The molecule has 29 heteroatoms. The number of nitro benzene ring substituents is 1. The molecular formula is C42H32FeN11NaO13S3. The minimum atomic E-state index is -5.30. The summed E-state index contributed by atoms with van der Waals surface area (Å²) in [4.78, 5) is 9.14. The van der Waals surface area contributed by atoms with Crippen LogP contribution in [0.25, 0.3) is 10.8 Å². The number of phenolic OH excluding ortho intramolecular Hbond substituents is 3. The molecule has 0 aliphatic heterocycles. The van der Waals surface area contributed by atoms with Crippen LogP contribution in [0.4, 0.5) is 68.2 Å². The Hall–Kier alpha value is -7.11. The molecule has 7 aromatic rings. The van der Waals surface area contributed by atoms with Gasteiger partial charge in [-0.05, 0) is 73.2 Å². The number of nitrogens with one attached hydrogen (secondary N) is 2. The average molecular weight is 1070 g/mol. The van der Waals surface area contributed by atoms with Crippen LogP contribution < -0.4 is 39.6 Å². The van der Waals surface area contributed by atoms with Crippen molar-refractivity contribution in [3.63, 3.8) is 0 Å². The number of non-ortho nitro benzene ring substituents is 1. The summed E-state index contributed by atoms with van der Waals surface area (Å²) in [5, 5.41) is 79.6. The molecule has 360 valence electrons. The van der Waals surface area contributed by atoms with E-state index in [4.69, 9.17) is 0 Å². The van der Waals surface area contributed by atoms with Crippen molar-refractivity contribution in [1.29, 1.82) is 0 Å². The predicted molar refractivity (Wildman–Crippen MR) is 249 cm³/mol. The third-order valence-corrected chi connectivity index (χ3v) is 11.8. The molecule has 7 rings (SSSR count). The minimum Gasteiger partial charge on any atom is -0.744 e. The van der Waals surface area contributed by atoms with E-state index in [0.29, 0.717) is 17.3 Å². The third-order valence-electron chi connectivity index (χ3n) is 9.45. The van der Waals surface area contributed by atoms with Crippen molar-refractivity contribution in [2.45, 2.75) is 16.7 Å². The van der Waals surface area contributed by atoms with Gasteiger partial charge in [0.15, 0.2) is 17.2 Å². The summed E-state index contributed by atoms with van der Waals surface area (Å²) < 4.78 is 98.3. The van der Waals surface area contributed by atoms with Crippen molar-refractivity contribution in [3.8, 4) is 17.2 Å². The molecule has 0 atom stereocenters. The number of benzene rings is 7. The van der Waals surface area contributed by atoms with Gasteiger partial charge in [-0.1, -0.05) is 36.4 Å². The number of para-hydroxylation sites is 1. The average Bonchev–Trinajstić information content (AvgIpc) is 3.28. The summed E-state index contributed by atoms with van der Waals surface area (Å²) in [5.41, 5.74) is -1.87. The van der Waals surface area contributed by atoms with E-state index >= 15 is 0 Å². The van der Waals surface area contributed by atoms with E-state index in [-0.39, 0.29) is 86.1 Å². The van der Waals surface area contributed by atoms with Gasteiger partial charge in [0.2, 0.25) is 10.0 Å². The zero-order valence-corrected chi connectivity index (χ0v) is 42.2. The number of nitrogens with zero attached hydrogens (tertiary/aromatic N) is 9. The molecule has 0 fully saturated rings. The van der Waals surface area contributed by atoms with E-state index in [2.05, 4.69) is 51.0 Å². The normalized spacial score (nSPS) is 12.1. The SMILES string of the molecule is Cc1cc(N=Nc2ccc(Nc3ccccc3)c(S(=O)(=O)O)c2)c(NS(C)(=O)=O)cc1N=Nc1cc(N=Nc2c(O)cc(S(=O)(=O)[O-])c3cc([N+](=O)[O-])ccc23)c(O)c(N=Nc2ccccc2)c1O.[Fe].[Na+]. The summed E-state index contributed by atoms with van der Waals surface area (Å²) in [6, 6.07) is 27.2. The Kier molecular flexibility index (Phi) is 17.2. The number of azo groups is 4. The van der Waals surface area contributed by atoms with Crippen molar-refractivity contribution in [3.05, 3.63) is 137 Å². The molecule has 0 unspecified atom stereocenters. The van der Waals surface area contributed by atoms with Crippen molar-refractivity contribution < 1.29 is 101 Å². The first-order valence-corrected chi connectivity index (χ1v) is 24.1. The first-order valence-electron chi connectivity index (χ1n) is 19.3. The van der Waals surface area contributed by atoms with Gasteiger partial charge in [-0.25, -0.2) is 16.8 Å². The van der Waals surface area contributed by atoms with Gasteiger partial charge < -0.3 is 25.2 Å². The number of nitro groups is 1. The van der Waals surface area contributed by atoms with Crippen LogP contribution >= 0.6 is 0 Å². The number of rotatable bonds is 15. The molecule has 0 aliphatic rings. The van der Waals surface area contributed by atoms with E-state index in [1.165, 1.54) is 31.2 Å². The van der Waals surface area contributed by atoms with Gasteiger partial charge in [-0.3, -0.25) is 19.4 Å². The second kappa shape index (κ2) is 22.3. The van der Waals surface area contributed by atoms with Gasteiger partial charge in [0, 0.05) is 57.8 Å². The molecule has 0 aromatic heterocycles. The summed E-state index contributed by atoms with van der Waals surface area (Å²) in [6.45, 7) is 1.53. The molecule has 0 saturated heterocycles. The van der Waals surface area contributed by atoms with Crippen LogP contribution in [0.1, 0.15) is 5.56 Å². The minimum absolute atomic E-state index is 0. The Morgan fingerprint density at radius 3 is 1.76 bits per heavy atom. The van der Waals surface area contributed by atoms with Crippen molar-refractivity contribution in [2.75, 3.05) is 16.3 Å². The molecule has 6 N–H and O–H groups in total. The van der Waals surface area contributed by atoms with Crippen LogP contribution in [-0.4, -0.2) is 60.9 Å². The maximum Gasteiger partial charge on any atom is 1.00 e. The Morgan fingerprint density at radius 2 is 1.15 bits per heavy atom. The van der Waals surface area contributed by atoms with Gasteiger partial charge in [-0.15, -0.1) is 25.6 Å². The molecule has 7 aromatic carbocycles. The first-order chi connectivity index (χ1) is 32.6. The standard InChI is InChI=1S/C42H33N11O13S3.Fe.Na/c1-23-17-32(47-45-26-13-16-30(38(18-26)69(64,65)66)43-24-9-5-3-6-10-24)33(52-67(2,59)60)20-31(23)46-48-34-21-35(42(56)40(41(34)55)51-44-25-11-7-4-8-12-25)49-50-39-28-15-14-27(53(57)58)19-29(28)37(22-36(39)54)68(61,62)63;;/h3-22,43,52,54-56H,1-2H3,(H,61,62,63)(H,64,65,66);;/q;;+1/p-1. The Morgan fingerprint density at radius 1 is 0.577 bits per heavy atom. The zero-order chi connectivity index (χ0) is 49.8. The Bertz CT molecular complexity index is 3690. The molecule has 0 bridgehead atoms. The van der Waals surface area contributed by atoms with E-state index in [1.807, 2.05) is 0 Å². The van der Waals surface area contributed by atoms with Crippen LogP contribution in [0.5, 0.6) is 17.2 Å². The Balaban J connectivity index is 0.00000469. The maximum atomic E-state index is 12.5. The second-order valence-electron chi connectivity index (χ2n) is 14.5. The van der Waals surface area contributed by atoms with E-state index < -0.39 is 96.0 Å². The monoisotopic (exact) mass is 1070 g/mol. The molecule has 71 heavy (non-hydrogen) atoms. The number of fused-ring (bicyclic) bond motifs is 1. The quantitative estimate of drug-likeness (QED) is 0.0186. The van der Waals surface area contributed by atoms with E-state index in [9.17, 15) is 59.8 Å². The molecule has 0 heterocycles. The van der Waals surface area contributed by atoms with Crippen LogP contribution in [-0.2, 0) is 47.3 Å². The summed E-state index contributed by atoms with van der Waals surface area (Å²) in [5.74, 6) is -2.54. The largest absolute Gasteiger partial charge is 1.00 e. The summed E-state index contributed by atoms with van der Waals surface area (Å²) in [7, 11) is -14.1. The van der Waals surface area contributed by atoms with Crippen molar-refractivity contribution in [1.82, 2.24) is 0 Å². The van der Waals surface area contributed by atoms with Gasteiger partial charge in [0.25, 0.3) is 15.8 Å². The van der Waals surface area contributed by atoms with Gasteiger partial charge in [-0.2, -0.15) is 23.8 Å². The fourth-order valence-corrected chi connectivity index (χ4v) is 8.21. The van der Waals surface area contributed by atoms with Gasteiger partial charge >= 0.3 is 29.6 Å². The van der Waals surface area contributed by atoms with Gasteiger partial charge in [0.1, 0.15) is 43.5 Å². The number of aryl methyl sites for hydroxylation is 1. The van der Waals surface area contributed by atoms with E-state index in [0.717, 1.165) is 36.6 Å². The summed E-state index contributed by atoms with van der Waals surface area (Å²) in [6.07, 6.45) is 0.856. The molecule has 24 nitrogen and oxygen atoms in total. The molecule has 0 saturated carbocycles. The Labute approximate surface area is 435 Å². The zero-order valence-electron chi connectivity index (χ0n) is 36.6. The third kappa shape index (κ3) is 13.4. The number of aromatic hydroxyl groups is 3. The van der Waals surface area contributed by atoms with Crippen LogP contribution in [0.15, 0.2) is 172 Å². The van der Waals surface area contributed by atoms with Crippen LogP contribution in [0, 0.1) is 17.0 Å². The van der Waals surface area contributed by atoms with Gasteiger partial charge in [0.05, 0.1) is 44.5 Å². The van der Waals surface area contributed by atoms with E-state index in [1.54, 1.807) is 60.7 Å². The number of anilines is 3. The van der Waals surface area contributed by atoms with Crippen molar-refractivity contribution in [2.24, 2.45) is 40.9 Å². The molecule has 0 spiro atoms. The molecule has 0 amide bonds. The number of phenols is 3. The number of hydrogen-bond acceptors (Lipinski definition) is 21. The van der Waals surface area contributed by atoms with Crippen LogP contribution in [0.2, 0.25) is 0 Å².